The summed E-state index contributed by atoms with van der Waals surface area (Å²) in [6, 6.07) is 23.6. The van der Waals surface area contributed by atoms with Gasteiger partial charge in [-0.25, -0.2) is 4.98 Å². The van der Waals surface area contributed by atoms with Gasteiger partial charge in [0.15, 0.2) is 0 Å². The zero-order valence-electron chi connectivity index (χ0n) is 15.8. The molecule has 0 saturated heterocycles. The van der Waals surface area contributed by atoms with Crippen molar-refractivity contribution >= 4 is 33.9 Å². The third-order valence-corrected chi connectivity index (χ3v) is 5.72. The van der Waals surface area contributed by atoms with Crippen LogP contribution < -0.4 is 10.9 Å². The molecule has 3 aromatic carbocycles. The first-order chi connectivity index (χ1) is 14.1. The van der Waals surface area contributed by atoms with Crippen molar-refractivity contribution in [3.8, 4) is 10.6 Å². The van der Waals surface area contributed by atoms with Crippen LogP contribution in [0.1, 0.15) is 20.9 Å². The number of carbonyl (C=O) groups is 2. The van der Waals surface area contributed by atoms with Crippen LogP contribution >= 0.6 is 11.3 Å². The number of thiazole rings is 1. The molecule has 0 saturated carbocycles. The lowest BCUT2D eigenvalue weighted by atomic mass is 10.1. The fourth-order valence-corrected chi connectivity index (χ4v) is 4.04. The summed E-state index contributed by atoms with van der Waals surface area (Å²) in [5.41, 5.74) is 7.47. The Morgan fingerprint density at radius 3 is 2.41 bits per heavy atom. The van der Waals surface area contributed by atoms with Gasteiger partial charge in [-0.1, -0.05) is 72.8 Å². The molecule has 0 atom stereocenters. The Bertz CT molecular complexity index is 1190. The molecule has 0 spiro atoms. The summed E-state index contributed by atoms with van der Waals surface area (Å²) in [4.78, 5) is 29.7. The fraction of sp³-hybridized carbons (Fsp3) is 0.0870. The van der Waals surface area contributed by atoms with Gasteiger partial charge in [0, 0.05) is 5.56 Å². The monoisotopic (exact) mass is 401 g/mol. The Kier molecular flexibility index (Phi) is 5.35. The van der Waals surface area contributed by atoms with Crippen LogP contribution in [0.4, 0.5) is 0 Å². The molecular formula is C23H19N3O2S. The second kappa shape index (κ2) is 8.24. The number of aryl methyl sites for hydroxylation is 1. The molecule has 6 heteroatoms. The van der Waals surface area contributed by atoms with E-state index < -0.39 is 0 Å². The van der Waals surface area contributed by atoms with Crippen molar-refractivity contribution < 1.29 is 9.59 Å². The van der Waals surface area contributed by atoms with Crippen molar-refractivity contribution in [1.82, 2.24) is 15.8 Å². The molecule has 0 aliphatic carbocycles. The Hall–Kier alpha value is -3.51. The molecule has 0 bridgehead atoms. The molecule has 1 heterocycles. The molecular weight excluding hydrogens is 382 g/mol. The first kappa shape index (κ1) is 18.8. The van der Waals surface area contributed by atoms with E-state index in [1.54, 1.807) is 6.92 Å². The van der Waals surface area contributed by atoms with Gasteiger partial charge < -0.3 is 0 Å². The lowest BCUT2D eigenvalue weighted by Gasteiger charge is -2.07. The molecule has 4 aromatic rings. The lowest BCUT2D eigenvalue weighted by Crippen LogP contribution is -2.42. The van der Waals surface area contributed by atoms with Crippen molar-refractivity contribution in [1.29, 1.82) is 0 Å². The molecule has 0 unspecified atom stereocenters. The van der Waals surface area contributed by atoms with E-state index in [1.807, 2.05) is 72.8 Å². The Balaban J connectivity index is 1.39. The number of benzene rings is 3. The topological polar surface area (TPSA) is 71.1 Å². The summed E-state index contributed by atoms with van der Waals surface area (Å²) >= 11 is 1.30. The van der Waals surface area contributed by atoms with Crippen LogP contribution in [0.2, 0.25) is 0 Å². The van der Waals surface area contributed by atoms with Crippen LogP contribution in [0, 0.1) is 6.92 Å². The quantitative estimate of drug-likeness (QED) is 0.502. The molecule has 0 radical (unpaired) electrons. The summed E-state index contributed by atoms with van der Waals surface area (Å²) in [7, 11) is 0. The second-order valence-electron chi connectivity index (χ2n) is 6.66. The third kappa shape index (κ3) is 4.33. The van der Waals surface area contributed by atoms with Gasteiger partial charge >= 0.3 is 0 Å². The van der Waals surface area contributed by atoms with Gasteiger partial charge in [-0.2, -0.15) is 0 Å². The highest BCUT2D eigenvalue weighted by atomic mass is 32.1. The normalized spacial score (nSPS) is 10.7. The number of fused-ring (bicyclic) bond motifs is 1. The maximum Gasteiger partial charge on any atom is 0.281 e. The summed E-state index contributed by atoms with van der Waals surface area (Å²) in [5, 5.41) is 2.98. The highest BCUT2D eigenvalue weighted by Gasteiger charge is 2.16. The number of nitrogens with zero attached hydrogens (tertiary/aromatic N) is 1. The fourth-order valence-electron chi connectivity index (χ4n) is 3.07. The van der Waals surface area contributed by atoms with Crippen molar-refractivity contribution in [2.75, 3.05) is 0 Å². The van der Waals surface area contributed by atoms with Gasteiger partial charge in [0.2, 0.25) is 5.91 Å². The van der Waals surface area contributed by atoms with Crippen LogP contribution in [-0.2, 0) is 11.2 Å². The minimum atomic E-state index is -0.367. The van der Waals surface area contributed by atoms with E-state index in [2.05, 4.69) is 15.8 Å². The van der Waals surface area contributed by atoms with Crippen molar-refractivity contribution in [3.05, 3.63) is 88.9 Å². The first-order valence-electron chi connectivity index (χ1n) is 9.20. The number of amides is 2. The summed E-state index contributed by atoms with van der Waals surface area (Å²) in [6.45, 7) is 1.79. The largest absolute Gasteiger partial charge is 0.281 e. The second-order valence-corrected chi connectivity index (χ2v) is 7.66. The van der Waals surface area contributed by atoms with Crippen molar-refractivity contribution in [2.24, 2.45) is 0 Å². The molecule has 5 nitrogen and oxygen atoms in total. The Labute approximate surface area is 172 Å². The Morgan fingerprint density at radius 1 is 0.897 bits per heavy atom. The highest BCUT2D eigenvalue weighted by Crippen LogP contribution is 2.27. The van der Waals surface area contributed by atoms with Gasteiger partial charge in [-0.3, -0.25) is 20.4 Å². The van der Waals surface area contributed by atoms with E-state index in [1.165, 1.54) is 11.3 Å². The van der Waals surface area contributed by atoms with Crippen LogP contribution in [-0.4, -0.2) is 16.8 Å². The number of carbonyl (C=O) groups excluding carboxylic acids is 2. The molecule has 29 heavy (non-hydrogen) atoms. The van der Waals surface area contributed by atoms with Gasteiger partial charge in [0.05, 0.1) is 12.1 Å². The van der Waals surface area contributed by atoms with Gasteiger partial charge in [-0.15, -0.1) is 11.3 Å². The number of hydrogen-bond donors (Lipinski definition) is 2. The molecule has 2 N–H and O–H groups in total. The van der Waals surface area contributed by atoms with E-state index in [-0.39, 0.29) is 18.2 Å². The average Bonchev–Trinajstić information content (AvgIpc) is 3.14. The zero-order valence-corrected chi connectivity index (χ0v) is 16.6. The zero-order chi connectivity index (χ0) is 20.2. The van der Waals surface area contributed by atoms with E-state index in [0.29, 0.717) is 10.6 Å². The molecule has 144 valence electrons. The third-order valence-electron chi connectivity index (χ3n) is 4.52. The number of nitrogens with one attached hydrogen (secondary N) is 2. The van der Waals surface area contributed by atoms with E-state index in [0.717, 1.165) is 26.9 Å². The first-order valence-corrected chi connectivity index (χ1v) is 10.0. The van der Waals surface area contributed by atoms with Crippen LogP contribution in [0.5, 0.6) is 0 Å². The minimum absolute atomic E-state index is 0.183. The van der Waals surface area contributed by atoms with Crippen LogP contribution in [0.15, 0.2) is 72.8 Å². The van der Waals surface area contributed by atoms with Gasteiger partial charge in [-0.05, 0) is 23.3 Å². The van der Waals surface area contributed by atoms with E-state index >= 15 is 0 Å². The predicted molar refractivity (Wildman–Crippen MR) is 116 cm³/mol. The van der Waals surface area contributed by atoms with Crippen molar-refractivity contribution in [3.63, 3.8) is 0 Å². The van der Waals surface area contributed by atoms with Gasteiger partial charge in [0.1, 0.15) is 9.88 Å². The molecule has 4 rings (SSSR count). The number of aromatic nitrogens is 1. The SMILES string of the molecule is Cc1nc(-c2ccccc2)sc1C(=O)NNC(=O)Cc1ccc2ccccc2c1. The van der Waals surface area contributed by atoms with Crippen molar-refractivity contribution in [2.45, 2.75) is 13.3 Å². The molecule has 2 amide bonds. The predicted octanol–water partition coefficient (Wildman–Crippen LogP) is 4.28. The maximum atomic E-state index is 12.5. The van der Waals surface area contributed by atoms with E-state index in [9.17, 15) is 9.59 Å². The lowest BCUT2D eigenvalue weighted by molar-refractivity contribution is -0.121. The number of rotatable bonds is 4. The molecule has 1 aromatic heterocycles. The minimum Gasteiger partial charge on any atom is -0.273 e. The molecule has 0 aliphatic heterocycles. The average molecular weight is 401 g/mol. The summed E-state index contributed by atoms with van der Waals surface area (Å²) in [5.74, 6) is -0.645. The highest BCUT2D eigenvalue weighted by molar-refractivity contribution is 7.17. The molecule has 0 fully saturated rings. The number of hydrazine groups is 1. The van der Waals surface area contributed by atoms with E-state index in [4.69, 9.17) is 0 Å². The maximum absolute atomic E-state index is 12.5. The summed E-state index contributed by atoms with van der Waals surface area (Å²) < 4.78 is 0. The smallest absolute Gasteiger partial charge is 0.273 e. The van der Waals surface area contributed by atoms with Crippen LogP contribution in [0.25, 0.3) is 21.3 Å². The molecule has 0 aliphatic rings. The number of hydrogen-bond acceptors (Lipinski definition) is 4. The summed E-state index contributed by atoms with van der Waals surface area (Å²) in [6.07, 6.45) is 0.183. The van der Waals surface area contributed by atoms with Gasteiger partial charge in [0.25, 0.3) is 5.91 Å². The standard InChI is InChI=1S/C23H19N3O2S/c1-15-21(29-23(24-15)18-8-3-2-4-9-18)22(28)26-25-20(27)14-16-11-12-17-7-5-6-10-19(17)13-16/h2-13H,14H2,1H3,(H,25,27)(H,26,28). The van der Waals surface area contributed by atoms with Crippen LogP contribution in [0.3, 0.4) is 0 Å². The Morgan fingerprint density at radius 2 is 1.62 bits per heavy atom.